The first-order chi connectivity index (χ1) is 13.0. The van der Waals surface area contributed by atoms with Crippen LogP contribution in [0.2, 0.25) is 0 Å². The Morgan fingerprint density at radius 3 is 2.63 bits per heavy atom. The van der Waals surface area contributed by atoms with Gasteiger partial charge in [0.2, 0.25) is 4.80 Å². The zero-order chi connectivity index (χ0) is 19.4. The van der Waals surface area contributed by atoms with Gasteiger partial charge in [0.25, 0.3) is 5.69 Å². The number of nitrogens with zero attached hydrogens (tertiary/aromatic N) is 5. The maximum Gasteiger partial charge on any atom is 0.294 e. The Kier molecular flexibility index (Phi) is 5.18. The number of carbonyl (C=O) groups excluding carboxylic acids is 1. The molecule has 0 radical (unpaired) electrons. The molecule has 0 aliphatic carbocycles. The Labute approximate surface area is 156 Å². The standard InChI is InChI=1S/C17H13N5O4S/c1-11(23)16-20-21(14-4-2-3-5-15(14)22(25)26)17(27-16)19-18-10-12-6-8-13(24)9-7-12/h2-10,24H,1H3. The predicted octanol–water partition coefficient (Wildman–Crippen LogP) is 2.69. The molecule has 136 valence electrons. The van der Waals surface area contributed by atoms with Gasteiger partial charge >= 0.3 is 0 Å². The van der Waals surface area contributed by atoms with E-state index >= 15 is 0 Å². The lowest BCUT2D eigenvalue weighted by molar-refractivity contribution is -0.384. The molecule has 1 aromatic heterocycles. The number of ketones is 1. The quantitative estimate of drug-likeness (QED) is 0.314. The van der Waals surface area contributed by atoms with Crippen LogP contribution in [0.15, 0.2) is 58.7 Å². The minimum Gasteiger partial charge on any atom is -0.508 e. The summed E-state index contributed by atoms with van der Waals surface area (Å²) in [6.07, 6.45) is 1.45. The normalized spacial score (nSPS) is 11.8. The van der Waals surface area contributed by atoms with Gasteiger partial charge in [-0.1, -0.05) is 23.5 Å². The lowest BCUT2D eigenvalue weighted by Crippen LogP contribution is -2.15. The number of nitro groups is 1. The first-order valence-corrected chi connectivity index (χ1v) is 8.48. The maximum atomic E-state index is 11.7. The number of rotatable bonds is 5. The molecule has 0 atom stereocenters. The monoisotopic (exact) mass is 383 g/mol. The molecule has 0 bridgehead atoms. The van der Waals surface area contributed by atoms with E-state index in [1.54, 1.807) is 24.3 Å². The third-order valence-electron chi connectivity index (χ3n) is 3.41. The Balaban J connectivity index is 2.09. The predicted molar refractivity (Wildman–Crippen MR) is 99.4 cm³/mol. The summed E-state index contributed by atoms with van der Waals surface area (Å²) in [5, 5.41) is 32.9. The van der Waals surface area contributed by atoms with E-state index < -0.39 is 4.92 Å². The lowest BCUT2D eigenvalue weighted by Gasteiger charge is -2.01. The van der Waals surface area contributed by atoms with Gasteiger partial charge in [0.1, 0.15) is 11.4 Å². The number of phenols is 1. The Bertz CT molecular complexity index is 1100. The molecule has 0 fully saturated rings. The van der Waals surface area contributed by atoms with Crippen LogP contribution in [0.4, 0.5) is 5.69 Å². The van der Waals surface area contributed by atoms with Gasteiger partial charge in [-0.2, -0.15) is 14.9 Å². The molecule has 0 unspecified atom stereocenters. The molecule has 0 aliphatic heterocycles. The van der Waals surface area contributed by atoms with Crippen LogP contribution in [0.5, 0.6) is 5.75 Å². The molecule has 0 saturated carbocycles. The molecule has 0 saturated heterocycles. The van der Waals surface area contributed by atoms with Gasteiger partial charge in [-0.05, 0) is 35.9 Å². The number of para-hydroxylation sites is 2. The molecule has 0 spiro atoms. The summed E-state index contributed by atoms with van der Waals surface area (Å²) < 4.78 is 1.23. The van der Waals surface area contributed by atoms with Gasteiger partial charge in [0.15, 0.2) is 10.8 Å². The fourth-order valence-electron chi connectivity index (χ4n) is 2.15. The van der Waals surface area contributed by atoms with Crippen molar-refractivity contribution in [1.29, 1.82) is 0 Å². The fourth-order valence-corrected chi connectivity index (χ4v) is 2.90. The highest BCUT2D eigenvalue weighted by Gasteiger charge is 2.18. The number of nitro benzene ring substituents is 1. The second-order valence-corrected chi connectivity index (χ2v) is 6.30. The van der Waals surface area contributed by atoms with E-state index in [9.17, 15) is 20.0 Å². The van der Waals surface area contributed by atoms with Gasteiger partial charge in [0.05, 0.1) is 11.1 Å². The van der Waals surface area contributed by atoms with Gasteiger partial charge in [-0.3, -0.25) is 14.9 Å². The molecular weight excluding hydrogens is 370 g/mol. The zero-order valence-corrected chi connectivity index (χ0v) is 14.8. The van der Waals surface area contributed by atoms with Crippen LogP contribution in [-0.2, 0) is 0 Å². The number of aromatic hydroxyl groups is 1. The summed E-state index contributed by atoms with van der Waals surface area (Å²) in [7, 11) is 0. The van der Waals surface area contributed by atoms with Gasteiger partial charge in [-0.25, -0.2) is 0 Å². The topological polar surface area (TPSA) is 123 Å². The number of Topliss-reactive ketones (excluding diaryl/α,β-unsaturated/α-hetero) is 1. The van der Waals surface area contributed by atoms with E-state index in [1.807, 2.05) is 0 Å². The molecule has 3 rings (SSSR count). The minimum absolute atomic E-state index is 0.131. The van der Waals surface area contributed by atoms with Crippen LogP contribution in [-0.4, -0.2) is 31.8 Å². The number of aromatic nitrogens is 2. The lowest BCUT2D eigenvalue weighted by atomic mass is 10.2. The minimum atomic E-state index is -0.529. The van der Waals surface area contributed by atoms with Gasteiger partial charge in [0, 0.05) is 13.0 Å². The van der Waals surface area contributed by atoms with Crippen LogP contribution < -0.4 is 4.80 Å². The molecule has 2 aromatic carbocycles. The van der Waals surface area contributed by atoms with Crippen molar-refractivity contribution >= 4 is 29.0 Å². The van der Waals surface area contributed by atoms with Crippen molar-refractivity contribution in [3.8, 4) is 11.4 Å². The largest absolute Gasteiger partial charge is 0.508 e. The molecule has 9 nitrogen and oxygen atoms in total. The average Bonchev–Trinajstić information content (AvgIpc) is 3.08. The molecule has 27 heavy (non-hydrogen) atoms. The van der Waals surface area contributed by atoms with E-state index in [1.165, 1.54) is 42.1 Å². The summed E-state index contributed by atoms with van der Waals surface area (Å²) in [6.45, 7) is 1.35. The molecule has 3 aromatic rings. The van der Waals surface area contributed by atoms with Gasteiger partial charge < -0.3 is 5.11 Å². The smallest absolute Gasteiger partial charge is 0.294 e. The third kappa shape index (κ3) is 4.12. The van der Waals surface area contributed by atoms with Crippen LogP contribution >= 0.6 is 11.3 Å². The first kappa shape index (κ1) is 18.1. The molecular formula is C17H13N5O4S. The van der Waals surface area contributed by atoms with Crippen molar-refractivity contribution in [2.24, 2.45) is 10.2 Å². The fraction of sp³-hybridized carbons (Fsp3) is 0.0588. The molecule has 1 N–H and O–H groups in total. The second kappa shape index (κ2) is 7.70. The van der Waals surface area contributed by atoms with Crippen molar-refractivity contribution in [3.63, 3.8) is 0 Å². The first-order valence-electron chi connectivity index (χ1n) is 7.66. The SMILES string of the molecule is CC(=O)c1nn(-c2ccccc2[N+](=O)[O-])c(=NN=Cc2ccc(O)cc2)s1. The van der Waals surface area contributed by atoms with E-state index in [2.05, 4.69) is 15.3 Å². The second-order valence-electron chi connectivity index (χ2n) is 5.34. The number of hydrogen-bond acceptors (Lipinski definition) is 8. The summed E-state index contributed by atoms with van der Waals surface area (Å²) in [5.74, 6) is -0.150. The number of hydrogen-bond donors (Lipinski definition) is 1. The molecule has 10 heteroatoms. The van der Waals surface area contributed by atoms with Crippen molar-refractivity contribution in [2.45, 2.75) is 6.92 Å². The highest BCUT2D eigenvalue weighted by atomic mass is 32.1. The molecule has 1 heterocycles. The average molecular weight is 383 g/mol. The molecule has 0 amide bonds. The Morgan fingerprint density at radius 2 is 1.96 bits per heavy atom. The van der Waals surface area contributed by atoms with Crippen LogP contribution in [0.3, 0.4) is 0 Å². The van der Waals surface area contributed by atoms with E-state index in [-0.39, 0.29) is 32.7 Å². The van der Waals surface area contributed by atoms with Gasteiger partial charge in [-0.15, -0.1) is 5.10 Å². The number of benzene rings is 2. The highest BCUT2D eigenvalue weighted by Crippen LogP contribution is 2.21. The van der Waals surface area contributed by atoms with E-state index in [0.29, 0.717) is 5.56 Å². The van der Waals surface area contributed by atoms with Crippen LogP contribution in [0.1, 0.15) is 22.3 Å². The Morgan fingerprint density at radius 1 is 1.26 bits per heavy atom. The highest BCUT2D eigenvalue weighted by molar-refractivity contribution is 7.10. The summed E-state index contributed by atoms with van der Waals surface area (Å²) in [5.41, 5.74) is 0.719. The van der Waals surface area contributed by atoms with Crippen LogP contribution in [0, 0.1) is 10.1 Å². The summed E-state index contributed by atoms with van der Waals surface area (Å²) >= 11 is 0.980. The van der Waals surface area contributed by atoms with Crippen molar-refractivity contribution in [2.75, 3.05) is 0 Å². The number of carbonyl (C=O) groups is 1. The van der Waals surface area contributed by atoms with Crippen molar-refractivity contribution in [3.05, 3.63) is 74.0 Å². The van der Waals surface area contributed by atoms with E-state index in [4.69, 9.17) is 0 Å². The van der Waals surface area contributed by atoms with Crippen molar-refractivity contribution in [1.82, 2.24) is 9.78 Å². The van der Waals surface area contributed by atoms with E-state index in [0.717, 1.165) is 11.3 Å². The van der Waals surface area contributed by atoms with Crippen LogP contribution in [0.25, 0.3) is 5.69 Å². The summed E-state index contributed by atoms with van der Waals surface area (Å²) in [4.78, 5) is 22.7. The van der Waals surface area contributed by atoms with Crippen molar-refractivity contribution < 1.29 is 14.8 Å². The number of phenolic OH excluding ortho intramolecular Hbond substituents is 1. The Hall–Kier alpha value is -3.66. The summed E-state index contributed by atoms with van der Waals surface area (Å²) in [6, 6.07) is 12.4. The molecule has 0 aliphatic rings. The zero-order valence-electron chi connectivity index (χ0n) is 14.0. The third-order valence-corrected chi connectivity index (χ3v) is 4.41. The maximum absolute atomic E-state index is 11.7.